The Morgan fingerprint density at radius 1 is 1.07 bits per heavy atom. The molecule has 0 bridgehead atoms. The minimum atomic E-state index is -3.52. The minimum Gasteiger partial charge on any atom is -0.352 e. The summed E-state index contributed by atoms with van der Waals surface area (Å²) in [5.74, 6) is -0.217. The molecule has 2 fully saturated rings. The molecule has 0 radical (unpaired) electrons. The van der Waals surface area contributed by atoms with Crippen molar-refractivity contribution in [2.75, 3.05) is 52.4 Å². The molecule has 2 N–H and O–H groups in total. The summed E-state index contributed by atoms with van der Waals surface area (Å²) >= 11 is 0. The van der Waals surface area contributed by atoms with Crippen LogP contribution in [0.1, 0.15) is 36.0 Å². The average molecular weight is 431 g/mol. The molecule has 2 heterocycles. The minimum absolute atomic E-state index is 0. The highest BCUT2D eigenvalue weighted by molar-refractivity contribution is 7.89. The fourth-order valence-corrected chi connectivity index (χ4v) is 5.16. The Bertz CT molecular complexity index is 732. The lowest BCUT2D eigenvalue weighted by molar-refractivity contribution is 0.0951. The van der Waals surface area contributed by atoms with Crippen LogP contribution in [0.4, 0.5) is 0 Å². The molecule has 28 heavy (non-hydrogen) atoms. The Balaban J connectivity index is 0.00000280. The zero-order chi connectivity index (χ0) is 19.1. The van der Waals surface area contributed by atoms with Gasteiger partial charge in [0, 0.05) is 51.4 Å². The molecule has 9 heteroatoms. The van der Waals surface area contributed by atoms with Crippen molar-refractivity contribution in [3.63, 3.8) is 0 Å². The predicted octanol–water partition coefficient (Wildman–Crippen LogP) is 1.31. The van der Waals surface area contributed by atoms with E-state index in [0.29, 0.717) is 25.2 Å². The van der Waals surface area contributed by atoms with E-state index in [2.05, 4.69) is 15.5 Å². The lowest BCUT2D eigenvalue weighted by Gasteiger charge is -2.27. The fourth-order valence-electron chi connectivity index (χ4n) is 3.59. The average Bonchev–Trinajstić information content (AvgIpc) is 2.72. The maximum Gasteiger partial charge on any atom is 0.251 e. The molecule has 1 amide bonds. The molecule has 158 valence electrons. The van der Waals surface area contributed by atoms with Gasteiger partial charge in [0.2, 0.25) is 10.0 Å². The van der Waals surface area contributed by atoms with Crippen LogP contribution in [0.5, 0.6) is 0 Å². The highest BCUT2D eigenvalue weighted by atomic mass is 35.5. The number of benzene rings is 1. The number of nitrogens with one attached hydrogen (secondary N) is 2. The zero-order valence-corrected chi connectivity index (χ0v) is 17.9. The quantitative estimate of drug-likeness (QED) is 0.637. The molecule has 0 saturated carbocycles. The molecular weight excluding hydrogens is 400 g/mol. The fraction of sp³-hybridized carbons (Fsp3) is 0.632. The maximum absolute atomic E-state index is 12.8. The number of halogens is 1. The first-order valence-electron chi connectivity index (χ1n) is 9.89. The maximum atomic E-state index is 12.8. The standard InChI is InChI=1S/C19H30N4O3S.ClH/c24-19(21-8-5-11-22-14-9-20-10-15-22)17-6-4-7-18(16-17)27(25,26)23-12-2-1-3-13-23;/h4,6-7,16,20H,1-3,5,8-15H2,(H,21,24);1H. The Kier molecular flexibility index (Phi) is 9.17. The van der Waals surface area contributed by atoms with E-state index in [1.54, 1.807) is 18.2 Å². The van der Waals surface area contributed by atoms with Gasteiger partial charge >= 0.3 is 0 Å². The van der Waals surface area contributed by atoms with Gasteiger partial charge in [-0.3, -0.25) is 4.79 Å². The molecule has 0 aliphatic carbocycles. The number of piperazine rings is 1. The predicted molar refractivity (Wildman–Crippen MR) is 113 cm³/mol. The zero-order valence-electron chi connectivity index (χ0n) is 16.2. The first-order valence-corrected chi connectivity index (χ1v) is 11.3. The van der Waals surface area contributed by atoms with Gasteiger partial charge in [0.15, 0.2) is 0 Å². The van der Waals surface area contributed by atoms with Gasteiger partial charge in [-0.1, -0.05) is 12.5 Å². The number of hydrogen-bond acceptors (Lipinski definition) is 5. The lowest BCUT2D eigenvalue weighted by Crippen LogP contribution is -2.44. The van der Waals surface area contributed by atoms with E-state index in [4.69, 9.17) is 0 Å². The summed E-state index contributed by atoms with van der Waals surface area (Å²) < 4.78 is 27.1. The van der Waals surface area contributed by atoms with Crippen LogP contribution >= 0.6 is 12.4 Å². The molecule has 0 aromatic heterocycles. The summed E-state index contributed by atoms with van der Waals surface area (Å²) in [6.45, 7) is 6.80. The summed E-state index contributed by atoms with van der Waals surface area (Å²) in [6, 6.07) is 6.38. The number of rotatable bonds is 7. The molecule has 0 spiro atoms. The third-order valence-corrected chi connectivity index (χ3v) is 7.09. The van der Waals surface area contributed by atoms with Crippen molar-refractivity contribution in [2.24, 2.45) is 0 Å². The Hall–Kier alpha value is -1.19. The Labute approximate surface area is 174 Å². The second-order valence-electron chi connectivity index (χ2n) is 7.19. The third kappa shape index (κ3) is 6.15. The molecule has 7 nitrogen and oxygen atoms in total. The molecule has 2 saturated heterocycles. The number of sulfonamides is 1. The molecule has 3 rings (SSSR count). The Morgan fingerprint density at radius 2 is 1.79 bits per heavy atom. The van der Waals surface area contributed by atoms with Crippen molar-refractivity contribution in [2.45, 2.75) is 30.6 Å². The van der Waals surface area contributed by atoms with Gasteiger partial charge in [0.1, 0.15) is 0 Å². The summed E-state index contributed by atoms with van der Waals surface area (Å²) in [6.07, 6.45) is 3.75. The summed E-state index contributed by atoms with van der Waals surface area (Å²) in [5, 5.41) is 6.23. The second kappa shape index (κ2) is 11.1. The smallest absolute Gasteiger partial charge is 0.251 e. The van der Waals surface area contributed by atoms with Crippen molar-refractivity contribution in [3.8, 4) is 0 Å². The molecule has 1 aromatic rings. The van der Waals surface area contributed by atoms with Crippen LogP contribution in [-0.4, -0.2) is 75.9 Å². The van der Waals surface area contributed by atoms with E-state index in [0.717, 1.165) is 58.4 Å². The van der Waals surface area contributed by atoms with E-state index < -0.39 is 10.0 Å². The summed E-state index contributed by atoms with van der Waals surface area (Å²) in [4.78, 5) is 15.0. The number of carbonyl (C=O) groups is 1. The molecule has 2 aliphatic rings. The number of hydrogen-bond donors (Lipinski definition) is 2. The Morgan fingerprint density at radius 3 is 2.50 bits per heavy atom. The van der Waals surface area contributed by atoms with Crippen molar-refractivity contribution >= 4 is 28.3 Å². The van der Waals surface area contributed by atoms with Crippen molar-refractivity contribution < 1.29 is 13.2 Å². The molecule has 1 aromatic carbocycles. The molecule has 2 aliphatic heterocycles. The van der Waals surface area contributed by atoms with Crippen LogP contribution in [0.25, 0.3) is 0 Å². The number of amides is 1. The SMILES string of the molecule is Cl.O=C(NCCCN1CCNCC1)c1cccc(S(=O)(=O)N2CCCCC2)c1. The molecule has 0 atom stereocenters. The molecule has 0 unspecified atom stereocenters. The topological polar surface area (TPSA) is 81.8 Å². The number of carbonyl (C=O) groups excluding carboxylic acids is 1. The number of piperidine rings is 1. The van der Waals surface area contributed by atoms with Gasteiger partial charge in [0.05, 0.1) is 4.90 Å². The normalized spacial score (nSPS) is 19.0. The summed E-state index contributed by atoms with van der Waals surface area (Å²) in [7, 11) is -3.52. The van der Waals surface area contributed by atoms with Crippen LogP contribution < -0.4 is 10.6 Å². The van der Waals surface area contributed by atoms with Crippen LogP contribution in [0.3, 0.4) is 0 Å². The van der Waals surface area contributed by atoms with E-state index in [-0.39, 0.29) is 23.2 Å². The van der Waals surface area contributed by atoms with Gasteiger partial charge in [-0.15, -0.1) is 12.4 Å². The first kappa shape index (κ1) is 23.1. The van der Waals surface area contributed by atoms with Gasteiger partial charge in [-0.25, -0.2) is 8.42 Å². The van der Waals surface area contributed by atoms with Crippen LogP contribution in [-0.2, 0) is 10.0 Å². The third-order valence-electron chi connectivity index (χ3n) is 5.20. The monoisotopic (exact) mass is 430 g/mol. The number of nitrogens with zero attached hydrogens (tertiary/aromatic N) is 2. The van der Waals surface area contributed by atoms with Gasteiger partial charge < -0.3 is 15.5 Å². The summed E-state index contributed by atoms with van der Waals surface area (Å²) in [5.41, 5.74) is 0.398. The van der Waals surface area contributed by atoms with Crippen LogP contribution in [0.15, 0.2) is 29.2 Å². The van der Waals surface area contributed by atoms with Crippen molar-refractivity contribution in [1.82, 2.24) is 19.8 Å². The van der Waals surface area contributed by atoms with E-state index in [1.165, 1.54) is 10.4 Å². The van der Waals surface area contributed by atoms with Crippen molar-refractivity contribution in [1.29, 1.82) is 0 Å². The van der Waals surface area contributed by atoms with Crippen LogP contribution in [0.2, 0.25) is 0 Å². The van der Waals surface area contributed by atoms with E-state index in [9.17, 15) is 13.2 Å². The molecular formula is C19H31ClN4O3S. The van der Waals surface area contributed by atoms with Gasteiger partial charge in [-0.05, 0) is 44.0 Å². The largest absolute Gasteiger partial charge is 0.352 e. The highest BCUT2D eigenvalue weighted by Gasteiger charge is 2.26. The second-order valence-corrected chi connectivity index (χ2v) is 9.13. The first-order chi connectivity index (χ1) is 13.1. The van der Waals surface area contributed by atoms with Crippen molar-refractivity contribution in [3.05, 3.63) is 29.8 Å². The van der Waals surface area contributed by atoms with Gasteiger partial charge in [0.25, 0.3) is 5.91 Å². The lowest BCUT2D eigenvalue weighted by atomic mass is 10.2. The van der Waals surface area contributed by atoms with Gasteiger partial charge in [-0.2, -0.15) is 4.31 Å². The highest BCUT2D eigenvalue weighted by Crippen LogP contribution is 2.21. The van der Waals surface area contributed by atoms with E-state index in [1.807, 2.05) is 0 Å². The van der Waals surface area contributed by atoms with Crippen LogP contribution in [0, 0.1) is 0 Å². The van der Waals surface area contributed by atoms with E-state index >= 15 is 0 Å².